The molecule has 0 aliphatic heterocycles. The van der Waals surface area contributed by atoms with Crippen LogP contribution >= 0.6 is 22.9 Å². The predicted molar refractivity (Wildman–Crippen MR) is 125 cm³/mol. The van der Waals surface area contributed by atoms with Crippen molar-refractivity contribution in [3.05, 3.63) is 86.1 Å². The minimum Gasteiger partial charge on any atom is -0.326 e. The molecule has 0 atom stereocenters. The number of benzene rings is 2. The summed E-state index contributed by atoms with van der Waals surface area (Å²) in [5, 5.41) is 9.04. The van der Waals surface area contributed by atoms with Gasteiger partial charge in [-0.3, -0.25) is 14.7 Å². The molecule has 0 aliphatic carbocycles. The van der Waals surface area contributed by atoms with Gasteiger partial charge < -0.3 is 5.32 Å². The van der Waals surface area contributed by atoms with Gasteiger partial charge in [0.05, 0.1) is 5.69 Å². The van der Waals surface area contributed by atoms with Gasteiger partial charge in [-0.25, -0.2) is 4.98 Å². The molecule has 4 rings (SSSR count). The Kier molecular flexibility index (Phi) is 6.06. The highest BCUT2D eigenvalue weighted by Crippen LogP contribution is 2.24. The zero-order valence-electron chi connectivity index (χ0n) is 17.1. The maximum absolute atomic E-state index is 13.0. The number of amides is 1. The van der Waals surface area contributed by atoms with E-state index in [9.17, 15) is 9.59 Å². The summed E-state index contributed by atoms with van der Waals surface area (Å²) in [7, 11) is 0. The Bertz CT molecular complexity index is 1290. The SMILES string of the molecule is Cc1[nH]n(-c2nc(-c3ccccc3)cs2)c(=O)c1CCC(=O)Nc1cccc(Cl)c1C. The molecule has 0 aliphatic rings. The van der Waals surface area contributed by atoms with Crippen LogP contribution in [-0.4, -0.2) is 20.7 Å². The summed E-state index contributed by atoms with van der Waals surface area (Å²) >= 11 is 7.50. The van der Waals surface area contributed by atoms with Gasteiger partial charge in [0.2, 0.25) is 11.0 Å². The van der Waals surface area contributed by atoms with Crippen LogP contribution in [0.2, 0.25) is 5.02 Å². The fourth-order valence-electron chi connectivity index (χ4n) is 3.31. The molecule has 2 heterocycles. The monoisotopic (exact) mass is 452 g/mol. The molecule has 2 aromatic carbocycles. The highest BCUT2D eigenvalue weighted by atomic mass is 35.5. The molecule has 31 heavy (non-hydrogen) atoms. The number of carbonyl (C=O) groups excluding carboxylic acids is 1. The Morgan fingerprint density at radius 3 is 2.71 bits per heavy atom. The number of hydrogen-bond donors (Lipinski definition) is 2. The van der Waals surface area contributed by atoms with Gasteiger partial charge in [-0.15, -0.1) is 11.3 Å². The van der Waals surface area contributed by atoms with Crippen LogP contribution in [0.25, 0.3) is 16.4 Å². The predicted octanol–water partition coefficient (Wildman–Crippen LogP) is 5.13. The second kappa shape index (κ2) is 8.91. The van der Waals surface area contributed by atoms with Gasteiger partial charge in [0, 0.05) is 39.3 Å². The van der Waals surface area contributed by atoms with Crippen molar-refractivity contribution in [2.75, 3.05) is 5.32 Å². The third-order valence-electron chi connectivity index (χ3n) is 5.09. The molecule has 0 saturated heterocycles. The van der Waals surface area contributed by atoms with E-state index in [-0.39, 0.29) is 17.9 Å². The highest BCUT2D eigenvalue weighted by Gasteiger charge is 2.17. The van der Waals surface area contributed by atoms with Gasteiger partial charge in [0.1, 0.15) is 0 Å². The number of thiazole rings is 1. The summed E-state index contributed by atoms with van der Waals surface area (Å²) in [6.07, 6.45) is 0.517. The largest absolute Gasteiger partial charge is 0.326 e. The number of H-pyrrole nitrogens is 1. The van der Waals surface area contributed by atoms with E-state index in [2.05, 4.69) is 15.4 Å². The van der Waals surface area contributed by atoms with Gasteiger partial charge in [-0.1, -0.05) is 48.0 Å². The van der Waals surface area contributed by atoms with Crippen molar-refractivity contribution < 1.29 is 4.79 Å². The number of aryl methyl sites for hydroxylation is 1. The Morgan fingerprint density at radius 2 is 1.94 bits per heavy atom. The average Bonchev–Trinajstić information content (AvgIpc) is 3.35. The number of rotatable bonds is 6. The van der Waals surface area contributed by atoms with E-state index in [1.165, 1.54) is 16.0 Å². The average molecular weight is 453 g/mol. The fourth-order valence-corrected chi connectivity index (χ4v) is 4.28. The topological polar surface area (TPSA) is 79.8 Å². The van der Waals surface area contributed by atoms with Crippen LogP contribution in [0.4, 0.5) is 5.69 Å². The second-order valence-corrected chi connectivity index (χ2v) is 8.44. The third-order valence-corrected chi connectivity index (χ3v) is 6.33. The quantitative estimate of drug-likeness (QED) is 0.425. The number of aromatic amines is 1. The van der Waals surface area contributed by atoms with Crippen molar-refractivity contribution in [2.24, 2.45) is 0 Å². The van der Waals surface area contributed by atoms with Gasteiger partial charge >= 0.3 is 0 Å². The number of anilines is 1. The maximum atomic E-state index is 13.0. The molecule has 0 unspecified atom stereocenters. The maximum Gasteiger partial charge on any atom is 0.276 e. The molecule has 0 spiro atoms. The minimum atomic E-state index is -0.182. The molecular weight excluding hydrogens is 432 g/mol. The van der Waals surface area contributed by atoms with Gasteiger partial charge in [0.25, 0.3) is 5.56 Å². The van der Waals surface area contributed by atoms with Crippen molar-refractivity contribution >= 4 is 34.5 Å². The Morgan fingerprint density at radius 1 is 1.16 bits per heavy atom. The molecule has 8 heteroatoms. The zero-order chi connectivity index (χ0) is 22.0. The number of halogens is 1. The summed E-state index contributed by atoms with van der Waals surface area (Å²) in [4.78, 5) is 30.0. The third kappa shape index (κ3) is 4.47. The van der Waals surface area contributed by atoms with Crippen molar-refractivity contribution in [3.8, 4) is 16.4 Å². The smallest absolute Gasteiger partial charge is 0.276 e. The lowest BCUT2D eigenvalue weighted by atomic mass is 10.1. The van der Waals surface area contributed by atoms with Crippen LogP contribution in [0, 0.1) is 13.8 Å². The lowest BCUT2D eigenvalue weighted by Crippen LogP contribution is -2.19. The summed E-state index contributed by atoms with van der Waals surface area (Å²) in [6.45, 7) is 3.68. The Labute approximate surface area is 188 Å². The molecule has 0 radical (unpaired) electrons. The Balaban J connectivity index is 1.49. The lowest BCUT2D eigenvalue weighted by Gasteiger charge is -2.09. The van der Waals surface area contributed by atoms with E-state index in [1.807, 2.05) is 49.6 Å². The van der Waals surface area contributed by atoms with Gasteiger partial charge in [-0.2, -0.15) is 4.68 Å². The normalized spacial score (nSPS) is 10.9. The number of nitrogens with zero attached hydrogens (tertiary/aromatic N) is 2. The molecule has 1 amide bonds. The molecule has 4 aromatic rings. The van der Waals surface area contributed by atoms with Crippen LogP contribution in [0.15, 0.2) is 58.7 Å². The first-order valence-corrected chi connectivity index (χ1v) is 11.1. The molecular formula is C23H21ClN4O2S. The molecule has 0 fully saturated rings. The highest BCUT2D eigenvalue weighted by molar-refractivity contribution is 7.12. The van der Waals surface area contributed by atoms with Crippen molar-refractivity contribution in [1.29, 1.82) is 0 Å². The van der Waals surface area contributed by atoms with E-state index >= 15 is 0 Å². The first-order chi connectivity index (χ1) is 14.9. The van der Waals surface area contributed by atoms with E-state index in [0.717, 1.165) is 22.5 Å². The van der Waals surface area contributed by atoms with Crippen LogP contribution in [0.1, 0.15) is 23.2 Å². The van der Waals surface area contributed by atoms with Gasteiger partial charge in [-0.05, 0) is 38.0 Å². The van der Waals surface area contributed by atoms with Crippen LogP contribution in [0.3, 0.4) is 0 Å². The first kappa shape index (κ1) is 21.1. The van der Waals surface area contributed by atoms with Crippen LogP contribution < -0.4 is 10.9 Å². The van der Waals surface area contributed by atoms with Crippen LogP contribution in [-0.2, 0) is 11.2 Å². The van der Waals surface area contributed by atoms with E-state index in [0.29, 0.717) is 27.8 Å². The lowest BCUT2D eigenvalue weighted by molar-refractivity contribution is -0.116. The van der Waals surface area contributed by atoms with Crippen molar-refractivity contribution in [2.45, 2.75) is 26.7 Å². The molecule has 2 N–H and O–H groups in total. The van der Waals surface area contributed by atoms with Gasteiger partial charge in [0.15, 0.2) is 0 Å². The molecule has 6 nitrogen and oxygen atoms in total. The van der Waals surface area contributed by atoms with Crippen molar-refractivity contribution in [3.63, 3.8) is 0 Å². The summed E-state index contributed by atoms with van der Waals surface area (Å²) in [5.74, 6) is -0.169. The van der Waals surface area contributed by atoms with E-state index in [4.69, 9.17) is 11.6 Å². The van der Waals surface area contributed by atoms with E-state index < -0.39 is 0 Å². The number of aromatic nitrogens is 3. The zero-order valence-corrected chi connectivity index (χ0v) is 18.7. The molecule has 158 valence electrons. The number of carbonyl (C=O) groups is 1. The number of nitrogens with one attached hydrogen (secondary N) is 2. The van der Waals surface area contributed by atoms with Crippen molar-refractivity contribution in [1.82, 2.24) is 14.8 Å². The summed E-state index contributed by atoms with van der Waals surface area (Å²) in [5.41, 5.74) is 4.43. The summed E-state index contributed by atoms with van der Waals surface area (Å²) < 4.78 is 1.45. The van der Waals surface area contributed by atoms with E-state index in [1.54, 1.807) is 18.2 Å². The molecule has 2 aromatic heterocycles. The fraction of sp³-hybridized carbons (Fsp3) is 0.174. The van der Waals surface area contributed by atoms with Crippen LogP contribution in [0.5, 0.6) is 0 Å². The standard InChI is InChI=1S/C23H21ClN4O2S/c1-14-18(24)9-6-10-19(14)25-21(29)12-11-17-15(2)27-28(22(17)30)23-26-20(13-31-23)16-7-4-3-5-8-16/h3-10,13,27H,11-12H2,1-2H3,(H,25,29). The number of hydrogen-bond acceptors (Lipinski definition) is 4. The summed E-state index contributed by atoms with van der Waals surface area (Å²) in [6, 6.07) is 15.2. The Hall–Kier alpha value is -3.16. The minimum absolute atomic E-state index is 0.169. The molecule has 0 saturated carbocycles. The first-order valence-electron chi connectivity index (χ1n) is 9.81. The second-order valence-electron chi connectivity index (χ2n) is 7.20. The molecule has 0 bridgehead atoms.